The predicted molar refractivity (Wildman–Crippen MR) is 104 cm³/mol. The molecule has 1 unspecified atom stereocenters. The van der Waals surface area contributed by atoms with Gasteiger partial charge in [-0.05, 0) is 39.3 Å². The molecule has 1 atom stereocenters. The molecule has 2 aromatic rings. The molecule has 134 valence electrons. The van der Waals surface area contributed by atoms with Crippen molar-refractivity contribution in [3.05, 3.63) is 40.2 Å². The van der Waals surface area contributed by atoms with Crippen molar-refractivity contribution in [2.24, 2.45) is 0 Å². The van der Waals surface area contributed by atoms with Crippen LogP contribution in [0.5, 0.6) is 0 Å². The summed E-state index contributed by atoms with van der Waals surface area (Å²) in [6.07, 6.45) is 3.94. The maximum atomic E-state index is 12.6. The van der Waals surface area contributed by atoms with E-state index in [0.29, 0.717) is 6.42 Å². The van der Waals surface area contributed by atoms with E-state index in [1.807, 2.05) is 25.1 Å². The Bertz CT molecular complexity index is 692. The van der Waals surface area contributed by atoms with Gasteiger partial charge in [0.2, 0.25) is 5.91 Å². The fourth-order valence-corrected chi connectivity index (χ4v) is 4.35. The summed E-state index contributed by atoms with van der Waals surface area (Å²) in [5.41, 5.74) is 2.03. The predicted octanol–water partition coefficient (Wildman–Crippen LogP) is 3.65. The molecule has 1 aliphatic rings. The number of nitrogens with zero attached hydrogens (tertiary/aromatic N) is 2. The molecule has 0 aliphatic carbocycles. The van der Waals surface area contributed by atoms with Crippen molar-refractivity contribution in [3.8, 4) is 11.3 Å². The first-order chi connectivity index (χ1) is 12.2. The Hall–Kier alpha value is -1.72. The molecule has 25 heavy (non-hydrogen) atoms. The van der Waals surface area contributed by atoms with Crippen molar-refractivity contribution in [1.82, 2.24) is 15.2 Å². The number of rotatable bonds is 7. The topological polar surface area (TPSA) is 45.2 Å². The highest BCUT2D eigenvalue weighted by molar-refractivity contribution is 7.12. The Morgan fingerprint density at radius 2 is 2.00 bits per heavy atom. The Labute approximate surface area is 154 Å². The quantitative estimate of drug-likeness (QED) is 0.823. The third kappa shape index (κ3) is 4.89. The molecule has 3 rings (SSSR count). The second kappa shape index (κ2) is 8.59. The molecule has 0 bridgehead atoms. The van der Waals surface area contributed by atoms with Gasteiger partial charge < -0.3 is 10.2 Å². The molecule has 5 heteroatoms. The summed E-state index contributed by atoms with van der Waals surface area (Å²) in [6.45, 7) is 7.45. The van der Waals surface area contributed by atoms with Gasteiger partial charge in [-0.1, -0.05) is 37.3 Å². The second-order valence-electron chi connectivity index (χ2n) is 6.73. The summed E-state index contributed by atoms with van der Waals surface area (Å²) < 4.78 is 0. The van der Waals surface area contributed by atoms with Crippen molar-refractivity contribution in [3.63, 3.8) is 0 Å². The maximum Gasteiger partial charge on any atom is 0.225 e. The molecule has 4 nitrogen and oxygen atoms in total. The highest BCUT2D eigenvalue weighted by atomic mass is 32.1. The molecule has 0 spiro atoms. The van der Waals surface area contributed by atoms with E-state index in [1.54, 1.807) is 11.3 Å². The average Bonchev–Trinajstić information content (AvgIpc) is 3.24. The van der Waals surface area contributed by atoms with Gasteiger partial charge in [0.15, 0.2) is 0 Å². The van der Waals surface area contributed by atoms with Gasteiger partial charge in [-0.25, -0.2) is 4.98 Å². The SMILES string of the molecule is CCC(CN1CCCC1)NC(=O)Cc1sc(C)nc1-c1ccccc1. The number of carbonyl (C=O) groups is 1. The van der Waals surface area contributed by atoms with Crippen LogP contribution >= 0.6 is 11.3 Å². The summed E-state index contributed by atoms with van der Waals surface area (Å²) in [5, 5.41) is 4.23. The minimum absolute atomic E-state index is 0.104. The third-order valence-corrected chi connectivity index (χ3v) is 5.68. The Balaban J connectivity index is 1.64. The zero-order chi connectivity index (χ0) is 17.6. The van der Waals surface area contributed by atoms with Gasteiger partial charge in [-0.15, -0.1) is 11.3 Å². The number of carbonyl (C=O) groups excluding carboxylic acids is 1. The lowest BCUT2D eigenvalue weighted by molar-refractivity contribution is -0.121. The zero-order valence-corrected chi connectivity index (χ0v) is 15.9. The van der Waals surface area contributed by atoms with Crippen molar-refractivity contribution < 1.29 is 4.79 Å². The Morgan fingerprint density at radius 3 is 2.68 bits per heavy atom. The van der Waals surface area contributed by atoms with Crippen molar-refractivity contribution >= 4 is 17.2 Å². The lowest BCUT2D eigenvalue weighted by atomic mass is 10.1. The van der Waals surface area contributed by atoms with Crippen LogP contribution in [-0.2, 0) is 11.2 Å². The fourth-order valence-electron chi connectivity index (χ4n) is 3.39. The van der Waals surface area contributed by atoms with E-state index in [4.69, 9.17) is 0 Å². The standard InChI is InChI=1S/C20H27N3OS/c1-3-17(14-23-11-7-8-12-23)22-19(24)13-18-20(21-15(2)25-18)16-9-5-4-6-10-16/h4-6,9-10,17H,3,7-8,11-14H2,1-2H3,(H,22,24). The molecule has 1 fully saturated rings. The van der Waals surface area contributed by atoms with Crippen LogP contribution in [0.4, 0.5) is 0 Å². The van der Waals surface area contributed by atoms with Gasteiger partial charge in [-0.2, -0.15) is 0 Å². The summed E-state index contributed by atoms with van der Waals surface area (Å²) >= 11 is 1.62. The molecular formula is C20H27N3OS. The number of aryl methyl sites for hydroxylation is 1. The first kappa shape index (κ1) is 18.1. The van der Waals surface area contributed by atoms with E-state index >= 15 is 0 Å². The molecular weight excluding hydrogens is 330 g/mol. The lowest BCUT2D eigenvalue weighted by Gasteiger charge is -2.23. The van der Waals surface area contributed by atoms with Crippen LogP contribution in [0.1, 0.15) is 36.1 Å². The molecule has 1 aliphatic heterocycles. The van der Waals surface area contributed by atoms with Gasteiger partial charge in [0.25, 0.3) is 0 Å². The molecule has 2 heterocycles. The van der Waals surface area contributed by atoms with Crippen LogP contribution in [0.15, 0.2) is 30.3 Å². The van der Waals surface area contributed by atoms with Crippen molar-refractivity contribution in [2.75, 3.05) is 19.6 Å². The van der Waals surface area contributed by atoms with Gasteiger partial charge in [-0.3, -0.25) is 4.79 Å². The van der Waals surface area contributed by atoms with Gasteiger partial charge >= 0.3 is 0 Å². The van der Waals surface area contributed by atoms with Crippen molar-refractivity contribution in [1.29, 1.82) is 0 Å². The number of hydrogen-bond acceptors (Lipinski definition) is 4. The fraction of sp³-hybridized carbons (Fsp3) is 0.500. The first-order valence-electron chi connectivity index (χ1n) is 9.19. The molecule has 0 saturated carbocycles. The van der Waals surface area contributed by atoms with Gasteiger partial charge in [0.1, 0.15) is 0 Å². The van der Waals surface area contributed by atoms with Crippen LogP contribution in [0.3, 0.4) is 0 Å². The number of thiazole rings is 1. The van der Waals surface area contributed by atoms with Crippen LogP contribution in [0.25, 0.3) is 11.3 Å². The monoisotopic (exact) mass is 357 g/mol. The van der Waals surface area contributed by atoms with E-state index in [-0.39, 0.29) is 11.9 Å². The van der Waals surface area contributed by atoms with E-state index in [0.717, 1.165) is 34.1 Å². The number of amides is 1. The van der Waals surface area contributed by atoms with Crippen LogP contribution < -0.4 is 5.32 Å². The Kier molecular flexibility index (Phi) is 6.21. The summed E-state index contributed by atoms with van der Waals surface area (Å²) in [5.74, 6) is 0.104. The maximum absolute atomic E-state index is 12.6. The number of benzene rings is 1. The van der Waals surface area contributed by atoms with E-state index in [9.17, 15) is 4.79 Å². The minimum atomic E-state index is 0.104. The van der Waals surface area contributed by atoms with E-state index in [2.05, 4.69) is 34.3 Å². The first-order valence-corrected chi connectivity index (χ1v) is 10.0. The van der Waals surface area contributed by atoms with Gasteiger partial charge in [0.05, 0.1) is 17.1 Å². The average molecular weight is 358 g/mol. The molecule has 1 N–H and O–H groups in total. The number of aromatic nitrogens is 1. The smallest absolute Gasteiger partial charge is 0.225 e. The number of hydrogen-bond donors (Lipinski definition) is 1. The Morgan fingerprint density at radius 1 is 1.28 bits per heavy atom. The second-order valence-corrected chi connectivity index (χ2v) is 8.02. The minimum Gasteiger partial charge on any atom is -0.352 e. The molecule has 0 radical (unpaired) electrons. The zero-order valence-electron chi connectivity index (χ0n) is 15.1. The van der Waals surface area contributed by atoms with Crippen molar-refractivity contribution in [2.45, 2.75) is 45.6 Å². The number of nitrogens with one attached hydrogen (secondary N) is 1. The highest BCUT2D eigenvalue weighted by Gasteiger charge is 2.20. The highest BCUT2D eigenvalue weighted by Crippen LogP contribution is 2.28. The van der Waals surface area contributed by atoms with Crippen LogP contribution in [0, 0.1) is 6.92 Å². The van der Waals surface area contributed by atoms with E-state index < -0.39 is 0 Å². The normalized spacial score (nSPS) is 16.1. The largest absolute Gasteiger partial charge is 0.352 e. The van der Waals surface area contributed by atoms with Crippen LogP contribution in [0.2, 0.25) is 0 Å². The molecule has 1 amide bonds. The molecule has 1 saturated heterocycles. The van der Waals surface area contributed by atoms with Crippen LogP contribution in [-0.4, -0.2) is 41.5 Å². The molecule has 1 aromatic heterocycles. The summed E-state index contributed by atoms with van der Waals surface area (Å²) in [7, 11) is 0. The van der Waals surface area contributed by atoms with Gasteiger partial charge in [0, 0.05) is 23.0 Å². The lowest BCUT2D eigenvalue weighted by Crippen LogP contribution is -2.43. The van der Waals surface area contributed by atoms with E-state index in [1.165, 1.54) is 25.9 Å². The third-order valence-electron chi connectivity index (χ3n) is 4.71. The molecule has 1 aromatic carbocycles. The number of likely N-dealkylation sites (tertiary alicyclic amines) is 1. The summed E-state index contributed by atoms with van der Waals surface area (Å²) in [4.78, 5) is 20.8. The summed E-state index contributed by atoms with van der Waals surface area (Å²) in [6, 6.07) is 10.4.